The van der Waals surface area contributed by atoms with Crippen molar-refractivity contribution in [1.82, 2.24) is 0 Å². The first-order valence-corrected chi connectivity index (χ1v) is 6.39. The quantitative estimate of drug-likeness (QED) is 0.893. The first-order chi connectivity index (χ1) is 8.72. The Labute approximate surface area is 107 Å². The molecule has 0 saturated heterocycles. The van der Waals surface area contributed by atoms with Crippen molar-refractivity contribution in [3.8, 4) is 5.75 Å². The number of anilines is 1. The number of halogens is 1. The van der Waals surface area contributed by atoms with E-state index in [-0.39, 0.29) is 18.0 Å². The monoisotopic (exact) mass is 253 g/mol. The normalized spacial score (nSPS) is 23.7. The van der Waals surface area contributed by atoms with E-state index in [4.69, 9.17) is 9.47 Å². The maximum Gasteiger partial charge on any atom is 0.145 e. The van der Waals surface area contributed by atoms with Gasteiger partial charge < -0.3 is 14.8 Å². The van der Waals surface area contributed by atoms with Crippen molar-refractivity contribution >= 4 is 5.69 Å². The third kappa shape index (κ3) is 3.13. The van der Waals surface area contributed by atoms with Gasteiger partial charge in [-0.1, -0.05) is 0 Å². The molecule has 1 aliphatic carbocycles. The molecule has 100 valence electrons. The second-order valence-corrected chi connectivity index (χ2v) is 4.65. The molecule has 1 aromatic rings. The molecule has 2 rings (SSSR count). The molecule has 0 aromatic heterocycles. The summed E-state index contributed by atoms with van der Waals surface area (Å²) < 4.78 is 24.5. The fraction of sp³-hybridized carbons (Fsp3) is 0.571. The van der Waals surface area contributed by atoms with Crippen LogP contribution in [-0.4, -0.2) is 26.4 Å². The topological polar surface area (TPSA) is 30.5 Å². The second-order valence-electron chi connectivity index (χ2n) is 4.65. The minimum absolute atomic E-state index is 0.109. The van der Waals surface area contributed by atoms with Gasteiger partial charge in [-0.3, -0.25) is 0 Å². The number of methoxy groups -OCH3 is 1. The molecule has 0 heterocycles. The number of hydrogen-bond acceptors (Lipinski definition) is 3. The van der Waals surface area contributed by atoms with Crippen molar-refractivity contribution in [3.05, 3.63) is 24.0 Å². The van der Waals surface area contributed by atoms with Gasteiger partial charge in [-0.2, -0.15) is 0 Å². The van der Waals surface area contributed by atoms with Gasteiger partial charge in [0.25, 0.3) is 0 Å². The minimum atomic E-state index is -0.275. The molecular weight excluding hydrogens is 233 g/mol. The Bertz CT molecular complexity index is 397. The highest BCUT2D eigenvalue weighted by molar-refractivity contribution is 5.56. The van der Waals surface area contributed by atoms with E-state index in [0.717, 1.165) is 31.4 Å². The molecule has 1 N–H and O–H groups in total. The van der Waals surface area contributed by atoms with E-state index in [1.54, 1.807) is 20.2 Å². The zero-order valence-corrected chi connectivity index (χ0v) is 10.9. The van der Waals surface area contributed by atoms with Gasteiger partial charge in [0.2, 0.25) is 0 Å². The van der Waals surface area contributed by atoms with E-state index in [9.17, 15) is 4.39 Å². The van der Waals surface area contributed by atoms with Gasteiger partial charge in [0.1, 0.15) is 17.7 Å². The van der Waals surface area contributed by atoms with Crippen LogP contribution in [0.5, 0.6) is 5.75 Å². The minimum Gasteiger partial charge on any atom is -0.488 e. The summed E-state index contributed by atoms with van der Waals surface area (Å²) in [5, 5.41) is 3.01. The van der Waals surface area contributed by atoms with Crippen LogP contribution < -0.4 is 10.1 Å². The number of rotatable bonds is 4. The lowest BCUT2D eigenvalue weighted by Crippen LogP contribution is -2.29. The highest BCUT2D eigenvalue weighted by atomic mass is 19.1. The molecule has 1 saturated carbocycles. The van der Waals surface area contributed by atoms with Crippen LogP contribution >= 0.6 is 0 Å². The SMILES string of the molecule is CNc1ccc(F)cc1O[C@@H]1CCC[C@H](OC)C1. The largest absolute Gasteiger partial charge is 0.488 e. The van der Waals surface area contributed by atoms with Crippen LogP contribution in [0, 0.1) is 5.82 Å². The lowest BCUT2D eigenvalue weighted by molar-refractivity contribution is 0.0211. The van der Waals surface area contributed by atoms with Crippen LogP contribution in [0.2, 0.25) is 0 Å². The van der Waals surface area contributed by atoms with Crippen molar-refractivity contribution in [2.45, 2.75) is 37.9 Å². The van der Waals surface area contributed by atoms with Crippen molar-refractivity contribution < 1.29 is 13.9 Å². The molecule has 0 spiro atoms. The molecule has 0 aliphatic heterocycles. The Morgan fingerprint density at radius 2 is 2.06 bits per heavy atom. The van der Waals surface area contributed by atoms with Crippen LogP contribution in [0.3, 0.4) is 0 Å². The fourth-order valence-corrected chi connectivity index (χ4v) is 2.40. The van der Waals surface area contributed by atoms with Crippen LogP contribution in [0.25, 0.3) is 0 Å². The van der Waals surface area contributed by atoms with E-state index in [0.29, 0.717) is 5.75 Å². The predicted octanol–water partition coefficient (Wildman–Crippen LogP) is 3.20. The average Bonchev–Trinajstić information content (AvgIpc) is 2.39. The second kappa shape index (κ2) is 6.05. The number of nitrogens with one attached hydrogen (secondary N) is 1. The molecule has 0 unspecified atom stereocenters. The summed E-state index contributed by atoms with van der Waals surface area (Å²) in [7, 11) is 3.53. The van der Waals surface area contributed by atoms with E-state index >= 15 is 0 Å². The third-order valence-corrected chi connectivity index (χ3v) is 3.42. The standard InChI is InChI=1S/C14H20FNO2/c1-16-13-7-6-10(15)8-14(13)18-12-5-3-4-11(9-12)17-2/h6-8,11-12,16H,3-5,9H2,1-2H3/t11-,12+/m0/s1. The lowest BCUT2D eigenvalue weighted by Gasteiger charge is -2.29. The first-order valence-electron chi connectivity index (χ1n) is 6.39. The molecule has 0 bridgehead atoms. The highest BCUT2D eigenvalue weighted by Crippen LogP contribution is 2.30. The highest BCUT2D eigenvalue weighted by Gasteiger charge is 2.23. The Balaban J connectivity index is 2.06. The van der Waals surface area contributed by atoms with Gasteiger partial charge in [0.15, 0.2) is 0 Å². The molecule has 1 aromatic carbocycles. The number of ether oxygens (including phenoxy) is 2. The molecule has 3 nitrogen and oxygen atoms in total. The predicted molar refractivity (Wildman–Crippen MR) is 69.6 cm³/mol. The molecule has 2 atom stereocenters. The zero-order valence-electron chi connectivity index (χ0n) is 10.9. The summed E-state index contributed by atoms with van der Waals surface area (Å²) in [6.45, 7) is 0. The summed E-state index contributed by atoms with van der Waals surface area (Å²) in [6.07, 6.45) is 4.41. The van der Waals surface area contributed by atoms with E-state index in [1.165, 1.54) is 12.1 Å². The zero-order chi connectivity index (χ0) is 13.0. The molecule has 4 heteroatoms. The summed E-state index contributed by atoms with van der Waals surface area (Å²) in [5.41, 5.74) is 0.816. The van der Waals surface area contributed by atoms with Gasteiger partial charge in [0.05, 0.1) is 11.8 Å². The van der Waals surface area contributed by atoms with E-state index in [2.05, 4.69) is 5.32 Å². The van der Waals surface area contributed by atoms with Crippen molar-refractivity contribution in [2.75, 3.05) is 19.5 Å². The summed E-state index contributed by atoms with van der Waals surface area (Å²) in [4.78, 5) is 0. The third-order valence-electron chi connectivity index (χ3n) is 3.42. The van der Waals surface area contributed by atoms with E-state index in [1.807, 2.05) is 0 Å². The van der Waals surface area contributed by atoms with Crippen molar-refractivity contribution in [2.24, 2.45) is 0 Å². The maximum atomic E-state index is 13.2. The molecule has 1 fully saturated rings. The fourth-order valence-electron chi connectivity index (χ4n) is 2.40. The van der Waals surface area contributed by atoms with E-state index < -0.39 is 0 Å². The Morgan fingerprint density at radius 3 is 2.78 bits per heavy atom. The molecule has 0 radical (unpaired) electrons. The Morgan fingerprint density at radius 1 is 1.28 bits per heavy atom. The number of hydrogen-bond donors (Lipinski definition) is 1. The van der Waals surface area contributed by atoms with Crippen LogP contribution in [-0.2, 0) is 4.74 Å². The first kappa shape index (κ1) is 13.1. The van der Waals surface area contributed by atoms with Gasteiger partial charge >= 0.3 is 0 Å². The Hall–Kier alpha value is -1.29. The van der Waals surface area contributed by atoms with Crippen LogP contribution in [0.4, 0.5) is 10.1 Å². The van der Waals surface area contributed by atoms with Crippen LogP contribution in [0.15, 0.2) is 18.2 Å². The average molecular weight is 253 g/mol. The van der Waals surface area contributed by atoms with Crippen molar-refractivity contribution in [3.63, 3.8) is 0 Å². The Kier molecular flexibility index (Phi) is 4.42. The van der Waals surface area contributed by atoms with Crippen LogP contribution in [0.1, 0.15) is 25.7 Å². The van der Waals surface area contributed by atoms with Gasteiger partial charge in [-0.15, -0.1) is 0 Å². The summed E-state index contributed by atoms with van der Waals surface area (Å²) in [5.74, 6) is 0.308. The van der Waals surface area contributed by atoms with Crippen molar-refractivity contribution in [1.29, 1.82) is 0 Å². The summed E-state index contributed by atoms with van der Waals surface area (Å²) >= 11 is 0. The van der Waals surface area contributed by atoms with Gasteiger partial charge in [-0.05, 0) is 31.4 Å². The maximum absolute atomic E-state index is 13.2. The lowest BCUT2D eigenvalue weighted by atomic mass is 9.95. The summed E-state index contributed by atoms with van der Waals surface area (Å²) in [6, 6.07) is 4.56. The molecular formula is C14H20FNO2. The van der Waals surface area contributed by atoms with Gasteiger partial charge in [-0.25, -0.2) is 4.39 Å². The molecule has 18 heavy (non-hydrogen) atoms. The number of benzene rings is 1. The smallest absolute Gasteiger partial charge is 0.145 e. The van der Waals surface area contributed by atoms with Gasteiger partial charge in [0, 0.05) is 26.6 Å². The molecule has 1 aliphatic rings. The molecule has 0 amide bonds.